The second-order valence-electron chi connectivity index (χ2n) is 3.47. The Morgan fingerprint density at radius 3 is 2.77 bits per heavy atom. The lowest BCUT2D eigenvalue weighted by Crippen LogP contribution is -2.33. The molecule has 1 rings (SSSR count). The van der Waals surface area contributed by atoms with Crippen molar-refractivity contribution in [1.82, 2.24) is 5.32 Å². The molecule has 0 saturated carbocycles. The van der Waals surface area contributed by atoms with Crippen LogP contribution in [0.5, 0.6) is 0 Å². The predicted molar refractivity (Wildman–Crippen MR) is 61.9 cm³/mol. The summed E-state index contributed by atoms with van der Waals surface area (Å²) in [5, 5.41) is 3.53. The van der Waals surface area contributed by atoms with Gasteiger partial charge in [-0.1, -0.05) is 0 Å². The minimum Gasteiger partial charge on any atom is -0.314 e. The first-order chi connectivity index (χ1) is 6.29. The third kappa shape index (κ3) is 5.70. The van der Waals surface area contributed by atoms with E-state index in [4.69, 9.17) is 0 Å². The predicted octanol–water partition coefficient (Wildman–Crippen LogP) is 1.24. The number of thioether (sulfide) groups is 1. The molecule has 2 nitrogen and oxygen atoms in total. The maximum Gasteiger partial charge on any atom is 0.0244 e. The van der Waals surface area contributed by atoms with Crippen molar-refractivity contribution < 1.29 is 4.21 Å². The SMILES string of the molecule is CS(=O)CCCNC1CCSCC1. The highest BCUT2D eigenvalue weighted by molar-refractivity contribution is 7.99. The molecule has 4 heteroatoms. The molecule has 1 unspecified atom stereocenters. The van der Waals surface area contributed by atoms with Crippen LogP contribution in [0.3, 0.4) is 0 Å². The monoisotopic (exact) mass is 221 g/mol. The lowest BCUT2D eigenvalue weighted by molar-refractivity contribution is 0.483. The topological polar surface area (TPSA) is 29.1 Å². The molecule has 0 spiro atoms. The van der Waals surface area contributed by atoms with Crippen LogP contribution in [0.2, 0.25) is 0 Å². The standard InChI is InChI=1S/C9H19NOS2/c1-13(11)8-2-5-10-9-3-6-12-7-4-9/h9-10H,2-8H2,1H3. The van der Waals surface area contributed by atoms with Gasteiger partial charge in [-0.15, -0.1) is 0 Å². The second kappa shape index (κ2) is 6.85. The van der Waals surface area contributed by atoms with Crippen molar-refractivity contribution in [3.05, 3.63) is 0 Å². The van der Waals surface area contributed by atoms with E-state index in [0.29, 0.717) is 0 Å². The Bertz CT molecular complexity index is 158. The third-order valence-electron chi connectivity index (χ3n) is 2.26. The minimum absolute atomic E-state index is 0.616. The zero-order valence-corrected chi connectivity index (χ0v) is 9.88. The summed E-state index contributed by atoms with van der Waals surface area (Å²) in [7, 11) is -0.616. The highest BCUT2D eigenvalue weighted by Gasteiger charge is 2.11. The molecule has 1 N–H and O–H groups in total. The molecule has 0 aromatic carbocycles. The van der Waals surface area contributed by atoms with Crippen LogP contribution >= 0.6 is 11.8 Å². The summed E-state index contributed by atoms with van der Waals surface area (Å²) in [4.78, 5) is 0. The van der Waals surface area contributed by atoms with Crippen LogP contribution in [0.1, 0.15) is 19.3 Å². The molecule has 1 aliphatic heterocycles. The van der Waals surface area contributed by atoms with E-state index in [9.17, 15) is 4.21 Å². The molecule has 13 heavy (non-hydrogen) atoms. The van der Waals surface area contributed by atoms with Crippen molar-refractivity contribution >= 4 is 22.6 Å². The zero-order valence-electron chi connectivity index (χ0n) is 8.25. The fourth-order valence-corrected chi connectivity index (χ4v) is 3.14. The first-order valence-electron chi connectivity index (χ1n) is 4.90. The molecule has 0 bridgehead atoms. The van der Waals surface area contributed by atoms with Gasteiger partial charge in [-0.05, 0) is 37.3 Å². The summed E-state index contributed by atoms with van der Waals surface area (Å²) in [5.41, 5.74) is 0. The maximum atomic E-state index is 10.8. The van der Waals surface area contributed by atoms with Gasteiger partial charge in [0.1, 0.15) is 0 Å². The van der Waals surface area contributed by atoms with E-state index < -0.39 is 10.8 Å². The number of rotatable bonds is 5. The van der Waals surface area contributed by atoms with E-state index in [2.05, 4.69) is 17.1 Å². The molecule has 1 heterocycles. The van der Waals surface area contributed by atoms with Gasteiger partial charge >= 0.3 is 0 Å². The van der Waals surface area contributed by atoms with Crippen molar-refractivity contribution in [2.24, 2.45) is 0 Å². The quantitative estimate of drug-likeness (QED) is 0.708. The van der Waals surface area contributed by atoms with Crippen molar-refractivity contribution in [1.29, 1.82) is 0 Å². The van der Waals surface area contributed by atoms with Crippen molar-refractivity contribution in [3.8, 4) is 0 Å². The Balaban J connectivity index is 1.95. The van der Waals surface area contributed by atoms with Crippen LogP contribution in [0.25, 0.3) is 0 Å². The average Bonchev–Trinajstić information content (AvgIpc) is 2.14. The van der Waals surface area contributed by atoms with Crippen LogP contribution in [0.15, 0.2) is 0 Å². The van der Waals surface area contributed by atoms with E-state index >= 15 is 0 Å². The highest BCUT2D eigenvalue weighted by Crippen LogP contribution is 2.16. The largest absolute Gasteiger partial charge is 0.314 e. The van der Waals surface area contributed by atoms with Gasteiger partial charge in [0.05, 0.1) is 0 Å². The minimum atomic E-state index is -0.616. The molecule has 0 radical (unpaired) electrons. The number of nitrogens with one attached hydrogen (secondary N) is 1. The highest BCUT2D eigenvalue weighted by atomic mass is 32.2. The fraction of sp³-hybridized carbons (Fsp3) is 1.00. The molecule has 1 atom stereocenters. The Hall–Kier alpha value is 0.460. The van der Waals surface area contributed by atoms with Crippen molar-refractivity contribution in [3.63, 3.8) is 0 Å². The lowest BCUT2D eigenvalue weighted by atomic mass is 10.1. The lowest BCUT2D eigenvalue weighted by Gasteiger charge is -2.22. The van der Waals surface area contributed by atoms with Gasteiger partial charge in [0.2, 0.25) is 0 Å². The Morgan fingerprint density at radius 2 is 2.15 bits per heavy atom. The normalized spacial score (nSPS) is 21.6. The maximum absolute atomic E-state index is 10.8. The van der Waals surface area contributed by atoms with E-state index in [-0.39, 0.29) is 0 Å². The molecule has 78 valence electrons. The number of hydrogen-bond acceptors (Lipinski definition) is 3. The molecule has 0 aromatic rings. The third-order valence-corrected chi connectivity index (χ3v) is 4.18. The van der Waals surface area contributed by atoms with Crippen LogP contribution < -0.4 is 5.32 Å². The first kappa shape index (κ1) is 11.5. The first-order valence-corrected chi connectivity index (χ1v) is 7.78. The van der Waals surface area contributed by atoms with E-state index in [0.717, 1.165) is 24.8 Å². The Morgan fingerprint density at radius 1 is 1.46 bits per heavy atom. The van der Waals surface area contributed by atoms with Gasteiger partial charge < -0.3 is 5.32 Å². The van der Waals surface area contributed by atoms with E-state index in [1.54, 1.807) is 6.26 Å². The van der Waals surface area contributed by atoms with Gasteiger partial charge in [-0.3, -0.25) is 4.21 Å². The zero-order chi connectivity index (χ0) is 9.52. The summed E-state index contributed by atoms with van der Waals surface area (Å²) in [6.45, 7) is 1.04. The van der Waals surface area contributed by atoms with Crippen molar-refractivity contribution in [2.45, 2.75) is 25.3 Å². The fourth-order valence-electron chi connectivity index (χ4n) is 1.48. The van der Waals surface area contributed by atoms with Crippen LogP contribution in [-0.2, 0) is 10.8 Å². The van der Waals surface area contributed by atoms with Crippen LogP contribution in [0, 0.1) is 0 Å². The molecule has 1 saturated heterocycles. The Kier molecular flexibility index (Phi) is 6.07. The van der Waals surface area contributed by atoms with Crippen molar-refractivity contribution in [2.75, 3.05) is 30.1 Å². The molecule has 1 fully saturated rings. The Labute approximate surface area is 87.7 Å². The smallest absolute Gasteiger partial charge is 0.0244 e. The molecular weight excluding hydrogens is 202 g/mol. The summed E-state index contributed by atoms with van der Waals surface area (Å²) in [6.07, 6.45) is 5.43. The van der Waals surface area contributed by atoms with Gasteiger partial charge in [0.15, 0.2) is 0 Å². The molecule has 0 aliphatic carbocycles. The number of hydrogen-bond donors (Lipinski definition) is 1. The van der Waals surface area contributed by atoms with Gasteiger partial charge in [-0.25, -0.2) is 0 Å². The van der Waals surface area contributed by atoms with E-state index in [1.165, 1.54) is 24.3 Å². The van der Waals surface area contributed by atoms with E-state index in [1.807, 2.05) is 0 Å². The second-order valence-corrected chi connectivity index (χ2v) is 6.25. The van der Waals surface area contributed by atoms with Crippen LogP contribution in [0.4, 0.5) is 0 Å². The summed E-state index contributed by atoms with van der Waals surface area (Å²) in [6, 6.07) is 0.728. The average molecular weight is 221 g/mol. The molecule has 0 amide bonds. The van der Waals surface area contributed by atoms with Crippen LogP contribution in [-0.4, -0.2) is 40.3 Å². The summed E-state index contributed by atoms with van der Waals surface area (Å²) < 4.78 is 10.8. The molecule has 1 aliphatic rings. The summed E-state index contributed by atoms with van der Waals surface area (Å²) in [5.74, 6) is 3.45. The summed E-state index contributed by atoms with van der Waals surface area (Å²) >= 11 is 2.05. The van der Waals surface area contributed by atoms with Gasteiger partial charge in [0, 0.05) is 28.9 Å². The van der Waals surface area contributed by atoms with Gasteiger partial charge in [0.25, 0.3) is 0 Å². The molecular formula is C9H19NOS2. The van der Waals surface area contributed by atoms with Gasteiger partial charge in [-0.2, -0.15) is 11.8 Å². The molecule has 0 aromatic heterocycles.